The lowest BCUT2D eigenvalue weighted by Gasteiger charge is -2.39. The summed E-state index contributed by atoms with van der Waals surface area (Å²) in [6.07, 6.45) is -7.58. The number of alkyl halides is 13. The van der Waals surface area contributed by atoms with Gasteiger partial charge < -0.3 is 18.9 Å². The molecule has 23 heteroatoms. The molecule has 0 N–H and O–H groups in total. The highest BCUT2D eigenvalue weighted by Crippen LogP contribution is 2.60. The molecule has 0 aliphatic heterocycles. The molecule has 2 rings (SSSR count). The SMILES string of the molecule is COCCOCCOCCn1cc(COCc2cn(CCC(F)(F)C(F)(F)C(F)(F)C(F)(F)C(F)(F)C(F)(F)F)nn2)nn1. The summed E-state index contributed by atoms with van der Waals surface area (Å²) in [6.45, 7) is 0.237. The fourth-order valence-corrected chi connectivity index (χ4v) is 3.12. The van der Waals surface area contributed by atoms with Crippen molar-refractivity contribution in [2.24, 2.45) is 0 Å². The van der Waals surface area contributed by atoms with Gasteiger partial charge in [-0.15, -0.1) is 10.2 Å². The van der Waals surface area contributed by atoms with E-state index < -0.39 is 48.8 Å². The van der Waals surface area contributed by atoms with E-state index in [2.05, 4.69) is 20.6 Å². The molecule has 10 nitrogen and oxygen atoms in total. The first kappa shape index (κ1) is 37.4. The average Bonchev–Trinajstić information content (AvgIpc) is 3.57. The van der Waals surface area contributed by atoms with Crippen LogP contribution in [0.2, 0.25) is 0 Å². The van der Waals surface area contributed by atoms with Gasteiger partial charge in [-0.2, -0.15) is 57.1 Å². The first-order chi connectivity index (χ1) is 20.2. The van der Waals surface area contributed by atoms with Crippen molar-refractivity contribution >= 4 is 0 Å². The lowest BCUT2D eigenvalue weighted by molar-refractivity contribution is -0.440. The second-order valence-electron chi connectivity index (χ2n) is 8.91. The van der Waals surface area contributed by atoms with Crippen molar-refractivity contribution in [1.82, 2.24) is 30.0 Å². The molecule has 0 spiro atoms. The molecule has 0 bridgehead atoms. The normalized spacial score (nSPS) is 14.0. The summed E-state index contributed by atoms with van der Waals surface area (Å²) < 4.78 is 194. The monoisotopic (exact) mass is 672 g/mol. The highest BCUT2D eigenvalue weighted by Gasteiger charge is 2.90. The van der Waals surface area contributed by atoms with Gasteiger partial charge in [0.15, 0.2) is 0 Å². The van der Waals surface area contributed by atoms with Gasteiger partial charge >= 0.3 is 35.8 Å². The predicted molar refractivity (Wildman–Crippen MR) is 117 cm³/mol. The summed E-state index contributed by atoms with van der Waals surface area (Å²) in [5.74, 6) is -37.1. The lowest BCUT2D eigenvalue weighted by atomic mass is 9.92. The van der Waals surface area contributed by atoms with Crippen molar-refractivity contribution < 1.29 is 76.0 Å². The topological polar surface area (TPSA) is 98.3 Å². The van der Waals surface area contributed by atoms with Crippen LogP contribution in [0.15, 0.2) is 12.4 Å². The zero-order valence-electron chi connectivity index (χ0n) is 22.5. The molecule has 2 aromatic heterocycles. The van der Waals surface area contributed by atoms with E-state index >= 15 is 0 Å². The van der Waals surface area contributed by atoms with Crippen molar-refractivity contribution in [3.63, 3.8) is 0 Å². The highest BCUT2D eigenvalue weighted by atomic mass is 19.4. The van der Waals surface area contributed by atoms with E-state index in [1.165, 1.54) is 18.0 Å². The molecule has 0 atom stereocenters. The third-order valence-corrected chi connectivity index (χ3v) is 5.59. The molecule has 44 heavy (non-hydrogen) atoms. The molecule has 2 aromatic rings. The van der Waals surface area contributed by atoms with Gasteiger partial charge in [0.05, 0.1) is 65.2 Å². The molecule has 0 amide bonds. The van der Waals surface area contributed by atoms with Crippen molar-refractivity contribution in [2.45, 2.75) is 68.5 Å². The van der Waals surface area contributed by atoms with Crippen molar-refractivity contribution in [2.75, 3.05) is 40.1 Å². The quantitative estimate of drug-likeness (QED) is 0.151. The number of rotatable bonds is 20. The van der Waals surface area contributed by atoms with Gasteiger partial charge in [-0.3, -0.25) is 4.68 Å². The number of ether oxygens (including phenoxy) is 4. The molecule has 0 aliphatic rings. The first-order valence-electron chi connectivity index (χ1n) is 12.2. The molecule has 0 aromatic carbocycles. The third-order valence-electron chi connectivity index (χ3n) is 5.59. The van der Waals surface area contributed by atoms with Crippen molar-refractivity contribution in [3.05, 3.63) is 23.8 Å². The second kappa shape index (κ2) is 14.5. The van der Waals surface area contributed by atoms with Crippen molar-refractivity contribution in [1.29, 1.82) is 0 Å². The minimum Gasteiger partial charge on any atom is -0.382 e. The Morgan fingerprint density at radius 2 is 1.02 bits per heavy atom. The number of aromatic nitrogens is 6. The minimum absolute atomic E-state index is 0.115. The largest absolute Gasteiger partial charge is 0.460 e. The van der Waals surface area contributed by atoms with E-state index in [0.717, 1.165) is 6.20 Å². The van der Waals surface area contributed by atoms with Crippen LogP contribution >= 0.6 is 0 Å². The zero-order chi connectivity index (χ0) is 33.5. The van der Waals surface area contributed by atoms with E-state index in [1.807, 2.05) is 0 Å². The molecule has 0 saturated carbocycles. The fourth-order valence-electron chi connectivity index (χ4n) is 3.12. The molecule has 2 heterocycles. The van der Waals surface area contributed by atoms with Crippen LogP contribution in [0.4, 0.5) is 57.1 Å². The summed E-state index contributed by atoms with van der Waals surface area (Å²) in [6, 6.07) is 0. The number of halogens is 13. The summed E-state index contributed by atoms with van der Waals surface area (Å²) >= 11 is 0. The molecule has 0 aliphatic carbocycles. The van der Waals surface area contributed by atoms with Crippen LogP contribution in [-0.4, -0.2) is 106 Å². The van der Waals surface area contributed by atoms with Crippen LogP contribution in [0.3, 0.4) is 0 Å². The van der Waals surface area contributed by atoms with Crippen molar-refractivity contribution in [3.8, 4) is 0 Å². The molecule has 254 valence electrons. The Hall–Kier alpha value is -2.79. The van der Waals surface area contributed by atoms with Gasteiger partial charge in [0.2, 0.25) is 0 Å². The van der Waals surface area contributed by atoms with Gasteiger partial charge in [0, 0.05) is 20.1 Å². The first-order valence-corrected chi connectivity index (χ1v) is 12.2. The van der Waals surface area contributed by atoms with E-state index in [4.69, 9.17) is 18.9 Å². The molecule has 0 fully saturated rings. The van der Waals surface area contributed by atoms with Crippen LogP contribution in [0.1, 0.15) is 17.8 Å². The Balaban J connectivity index is 1.85. The summed E-state index contributed by atoms with van der Waals surface area (Å²) in [4.78, 5) is 0. The van der Waals surface area contributed by atoms with Gasteiger partial charge in [-0.1, -0.05) is 10.4 Å². The molecule has 0 saturated heterocycles. The molecule has 0 radical (unpaired) electrons. The number of methoxy groups -OCH3 is 1. The molecular weight excluding hydrogens is 647 g/mol. The predicted octanol–water partition coefficient (Wildman–Crippen LogP) is 4.39. The number of nitrogens with zero attached hydrogens (tertiary/aromatic N) is 6. The van der Waals surface area contributed by atoms with Gasteiger partial charge in [-0.25, -0.2) is 4.68 Å². The fraction of sp³-hybridized carbons (Fsp3) is 0.810. The number of aryl methyl sites for hydroxylation is 1. The Kier molecular flexibility index (Phi) is 12.4. The van der Waals surface area contributed by atoms with Gasteiger partial charge in [0.25, 0.3) is 0 Å². The Labute approximate surface area is 239 Å². The van der Waals surface area contributed by atoms with Crippen LogP contribution in [-0.2, 0) is 45.3 Å². The van der Waals surface area contributed by atoms with E-state index in [9.17, 15) is 57.1 Å². The third kappa shape index (κ3) is 8.47. The maximum absolute atomic E-state index is 14.0. The van der Waals surface area contributed by atoms with E-state index in [1.54, 1.807) is 0 Å². The smallest absolute Gasteiger partial charge is 0.382 e. The Bertz CT molecular complexity index is 1160. The standard InChI is InChI=1S/C21H25F13N6O4/c1-41-6-7-43-9-8-42-5-4-40-11-15(36-38-40)13-44-12-14-10-39(37-35-14)3-2-16(22,23)17(24,25)18(26,27)19(28,29)20(30,31)21(32,33)34/h10-11H,2-9,12-13H2,1H3. The van der Waals surface area contributed by atoms with Crippen LogP contribution < -0.4 is 0 Å². The Morgan fingerprint density at radius 3 is 1.52 bits per heavy atom. The molecular formula is C21H25F13N6O4. The molecule has 0 unspecified atom stereocenters. The summed E-state index contributed by atoms with van der Waals surface area (Å²) in [5, 5.41) is 14.3. The summed E-state index contributed by atoms with van der Waals surface area (Å²) in [5.41, 5.74) is 0.214. The van der Waals surface area contributed by atoms with Gasteiger partial charge in [-0.05, 0) is 0 Å². The maximum Gasteiger partial charge on any atom is 0.460 e. The van der Waals surface area contributed by atoms with Crippen LogP contribution in [0.25, 0.3) is 0 Å². The van der Waals surface area contributed by atoms with E-state index in [-0.39, 0.29) is 25.5 Å². The highest BCUT2D eigenvalue weighted by molar-refractivity contribution is 5.10. The number of hydrogen-bond acceptors (Lipinski definition) is 8. The summed E-state index contributed by atoms with van der Waals surface area (Å²) in [7, 11) is 1.54. The lowest BCUT2D eigenvalue weighted by Crippen LogP contribution is -2.70. The maximum atomic E-state index is 14.0. The average molecular weight is 672 g/mol. The minimum atomic E-state index is -7.94. The van der Waals surface area contributed by atoms with Gasteiger partial charge in [0.1, 0.15) is 11.4 Å². The second-order valence-corrected chi connectivity index (χ2v) is 8.91. The van der Waals surface area contributed by atoms with Crippen LogP contribution in [0, 0.1) is 0 Å². The number of hydrogen-bond donors (Lipinski definition) is 0. The zero-order valence-corrected chi connectivity index (χ0v) is 22.5. The Morgan fingerprint density at radius 1 is 0.568 bits per heavy atom. The van der Waals surface area contributed by atoms with E-state index in [0.29, 0.717) is 43.3 Å². The van der Waals surface area contributed by atoms with Crippen LogP contribution in [0.5, 0.6) is 0 Å².